The molecule has 2 heterocycles. The van der Waals surface area contributed by atoms with E-state index in [-0.39, 0.29) is 5.78 Å². The first-order valence-electron chi connectivity index (χ1n) is 11.0. The lowest BCUT2D eigenvalue weighted by Gasteiger charge is -2.30. The molecular formula is C25H33N3O3+2. The molecule has 0 amide bonds. The van der Waals surface area contributed by atoms with Gasteiger partial charge in [0.15, 0.2) is 11.5 Å². The number of Topliss-reactive ketones (excluding diaryl/α,β-unsaturated/α-hetero) is 1. The van der Waals surface area contributed by atoms with Crippen LogP contribution in [0.15, 0.2) is 36.4 Å². The number of methoxy groups -OCH3 is 2. The lowest BCUT2D eigenvalue weighted by atomic mass is 10.1. The monoisotopic (exact) mass is 423 g/mol. The highest BCUT2D eigenvalue weighted by Crippen LogP contribution is 2.30. The maximum Gasteiger partial charge on any atom is 0.219 e. The number of aromatic amines is 1. The molecule has 0 saturated carbocycles. The number of H-pyrrole nitrogens is 1. The first kappa shape index (κ1) is 21.4. The molecule has 164 valence electrons. The minimum atomic E-state index is 0.240. The fourth-order valence-corrected chi connectivity index (χ4v) is 4.74. The number of para-hydroxylation sites is 1. The summed E-state index contributed by atoms with van der Waals surface area (Å²) in [7, 11) is 3.35. The average molecular weight is 424 g/mol. The number of hydrogen-bond acceptors (Lipinski definition) is 3. The second-order valence-electron chi connectivity index (χ2n) is 8.58. The molecule has 1 aliphatic heterocycles. The minimum absolute atomic E-state index is 0.240. The highest BCUT2D eigenvalue weighted by molar-refractivity contribution is 6.09. The van der Waals surface area contributed by atoms with Gasteiger partial charge in [0.05, 0.1) is 19.8 Å². The van der Waals surface area contributed by atoms with Crippen molar-refractivity contribution in [2.24, 2.45) is 0 Å². The van der Waals surface area contributed by atoms with Crippen molar-refractivity contribution in [2.45, 2.75) is 20.4 Å². The number of nitrogens with one attached hydrogen (secondary N) is 3. The third-order valence-corrected chi connectivity index (χ3v) is 6.53. The van der Waals surface area contributed by atoms with Gasteiger partial charge in [0.25, 0.3) is 0 Å². The molecule has 0 radical (unpaired) electrons. The average Bonchev–Trinajstić information content (AvgIpc) is 3.11. The van der Waals surface area contributed by atoms with Crippen LogP contribution in [0.2, 0.25) is 0 Å². The van der Waals surface area contributed by atoms with Gasteiger partial charge in [-0.1, -0.05) is 18.2 Å². The van der Waals surface area contributed by atoms with E-state index < -0.39 is 0 Å². The molecule has 31 heavy (non-hydrogen) atoms. The molecule has 0 aliphatic carbocycles. The van der Waals surface area contributed by atoms with Gasteiger partial charge < -0.3 is 24.3 Å². The number of hydrogen-bond donors (Lipinski definition) is 3. The fourth-order valence-electron chi connectivity index (χ4n) is 4.74. The Bertz CT molecular complexity index is 1080. The van der Waals surface area contributed by atoms with Crippen molar-refractivity contribution < 1.29 is 24.1 Å². The summed E-state index contributed by atoms with van der Waals surface area (Å²) < 4.78 is 10.9. The SMILES string of the molecule is COc1cc(C)c(C[NH+]2CC[NH+](CC(=O)c3c(C)[nH]c4ccccc34)CC2)cc1OC. The number of quaternary nitrogens is 2. The zero-order chi connectivity index (χ0) is 22.0. The molecule has 3 aromatic rings. The van der Waals surface area contributed by atoms with Crippen LogP contribution in [0.4, 0.5) is 0 Å². The molecule has 0 unspecified atom stereocenters. The van der Waals surface area contributed by atoms with E-state index in [9.17, 15) is 4.79 Å². The second-order valence-corrected chi connectivity index (χ2v) is 8.58. The molecule has 1 saturated heterocycles. The summed E-state index contributed by atoms with van der Waals surface area (Å²) in [6.45, 7) is 9.78. The highest BCUT2D eigenvalue weighted by Gasteiger charge is 2.27. The first-order valence-corrected chi connectivity index (χ1v) is 11.0. The van der Waals surface area contributed by atoms with Gasteiger partial charge in [-0.2, -0.15) is 0 Å². The van der Waals surface area contributed by atoms with Gasteiger partial charge in [-0.25, -0.2) is 0 Å². The van der Waals surface area contributed by atoms with E-state index in [2.05, 4.69) is 24.0 Å². The highest BCUT2D eigenvalue weighted by atomic mass is 16.5. The van der Waals surface area contributed by atoms with Crippen LogP contribution >= 0.6 is 0 Å². The van der Waals surface area contributed by atoms with Crippen LogP contribution in [-0.2, 0) is 6.54 Å². The molecule has 1 aliphatic rings. The summed E-state index contributed by atoms with van der Waals surface area (Å²) in [6, 6.07) is 12.2. The molecule has 6 nitrogen and oxygen atoms in total. The van der Waals surface area contributed by atoms with Crippen molar-refractivity contribution >= 4 is 16.7 Å². The standard InChI is InChI=1S/C25H31N3O3/c1-17-13-23(30-3)24(31-4)14-19(17)15-27-9-11-28(12-10-27)16-22(29)25-18(2)26-21-8-6-5-7-20(21)25/h5-8,13-14,26H,9-12,15-16H2,1-4H3/p+2. The number of ketones is 1. The van der Waals surface area contributed by atoms with Crippen molar-refractivity contribution in [3.63, 3.8) is 0 Å². The van der Waals surface area contributed by atoms with Crippen LogP contribution in [-0.4, -0.2) is 57.7 Å². The maximum atomic E-state index is 13.1. The molecule has 4 rings (SSSR count). The smallest absolute Gasteiger partial charge is 0.219 e. The van der Waals surface area contributed by atoms with Crippen molar-refractivity contribution in [3.8, 4) is 11.5 Å². The Balaban J connectivity index is 1.37. The van der Waals surface area contributed by atoms with E-state index in [1.54, 1.807) is 19.1 Å². The van der Waals surface area contributed by atoms with Crippen LogP contribution in [0.1, 0.15) is 27.2 Å². The van der Waals surface area contributed by atoms with Crippen molar-refractivity contribution in [1.29, 1.82) is 0 Å². The molecule has 0 spiro atoms. The van der Waals surface area contributed by atoms with E-state index in [0.29, 0.717) is 6.54 Å². The molecule has 3 N–H and O–H groups in total. The Kier molecular flexibility index (Phi) is 6.30. The third kappa shape index (κ3) is 4.45. The van der Waals surface area contributed by atoms with Crippen LogP contribution < -0.4 is 19.3 Å². The summed E-state index contributed by atoms with van der Waals surface area (Å²) in [5.41, 5.74) is 5.39. The van der Waals surface area contributed by atoms with Gasteiger partial charge in [-0.3, -0.25) is 4.79 Å². The number of carbonyl (C=O) groups is 1. The molecule has 1 fully saturated rings. The van der Waals surface area contributed by atoms with Gasteiger partial charge in [0.1, 0.15) is 39.3 Å². The third-order valence-electron chi connectivity index (χ3n) is 6.53. The van der Waals surface area contributed by atoms with E-state index in [4.69, 9.17) is 9.47 Å². The number of rotatable bonds is 7. The zero-order valence-electron chi connectivity index (χ0n) is 18.9. The van der Waals surface area contributed by atoms with E-state index in [1.165, 1.54) is 16.0 Å². The van der Waals surface area contributed by atoms with Gasteiger partial charge in [-0.15, -0.1) is 0 Å². The van der Waals surface area contributed by atoms with Gasteiger partial charge >= 0.3 is 0 Å². The number of ether oxygens (including phenoxy) is 2. The minimum Gasteiger partial charge on any atom is -0.493 e. The molecule has 0 atom stereocenters. The fraction of sp³-hybridized carbons (Fsp3) is 0.400. The number of piperazine rings is 1. The summed E-state index contributed by atoms with van der Waals surface area (Å²) >= 11 is 0. The topological polar surface area (TPSA) is 60.2 Å². The normalized spacial score (nSPS) is 18.8. The second kappa shape index (κ2) is 9.12. The Morgan fingerprint density at radius 3 is 2.32 bits per heavy atom. The Morgan fingerprint density at radius 1 is 0.968 bits per heavy atom. The first-order chi connectivity index (χ1) is 15.0. The molecule has 2 aromatic carbocycles. The molecule has 6 heteroatoms. The number of aryl methyl sites for hydroxylation is 2. The van der Waals surface area contributed by atoms with Crippen molar-refractivity contribution in [1.82, 2.24) is 4.98 Å². The van der Waals surface area contributed by atoms with Crippen LogP contribution in [0.25, 0.3) is 10.9 Å². The van der Waals surface area contributed by atoms with E-state index in [1.807, 2.05) is 31.2 Å². The van der Waals surface area contributed by atoms with Crippen LogP contribution in [0.5, 0.6) is 11.5 Å². The maximum absolute atomic E-state index is 13.1. The summed E-state index contributed by atoms with van der Waals surface area (Å²) in [5.74, 6) is 1.80. The van der Waals surface area contributed by atoms with Crippen LogP contribution in [0.3, 0.4) is 0 Å². The van der Waals surface area contributed by atoms with Gasteiger partial charge in [-0.05, 0) is 37.6 Å². The number of carbonyl (C=O) groups excluding carboxylic acids is 1. The predicted octanol–water partition coefficient (Wildman–Crippen LogP) is 0.968. The zero-order valence-corrected chi connectivity index (χ0v) is 18.9. The molecular weight excluding hydrogens is 390 g/mol. The van der Waals surface area contributed by atoms with E-state index in [0.717, 1.165) is 66.4 Å². The lowest BCUT2D eigenvalue weighted by molar-refractivity contribution is -1.01. The largest absolute Gasteiger partial charge is 0.493 e. The lowest BCUT2D eigenvalue weighted by Crippen LogP contribution is -3.27. The quantitative estimate of drug-likeness (QED) is 0.497. The summed E-state index contributed by atoms with van der Waals surface area (Å²) in [4.78, 5) is 19.4. The number of aromatic nitrogens is 1. The number of benzene rings is 2. The Labute approximate surface area is 183 Å². The molecule has 1 aromatic heterocycles. The van der Waals surface area contributed by atoms with Gasteiger partial charge in [0.2, 0.25) is 5.78 Å². The van der Waals surface area contributed by atoms with Crippen molar-refractivity contribution in [3.05, 3.63) is 58.8 Å². The van der Waals surface area contributed by atoms with Crippen LogP contribution in [0, 0.1) is 13.8 Å². The number of fused-ring (bicyclic) bond motifs is 1. The Hall–Kier alpha value is -2.83. The van der Waals surface area contributed by atoms with E-state index >= 15 is 0 Å². The summed E-state index contributed by atoms with van der Waals surface area (Å²) in [6.07, 6.45) is 0. The molecule has 0 bridgehead atoms. The Morgan fingerprint density at radius 2 is 1.61 bits per heavy atom. The van der Waals surface area contributed by atoms with Crippen molar-refractivity contribution in [2.75, 3.05) is 46.9 Å². The summed E-state index contributed by atoms with van der Waals surface area (Å²) in [5, 5.41) is 1.04. The predicted molar refractivity (Wildman–Crippen MR) is 122 cm³/mol. The van der Waals surface area contributed by atoms with Gasteiger partial charge in [0, 0.05) is 22.2 Å².